The predicted octanol–water partition coefficient (Wildman–Crippen LogP) is 2.76. The van der Waals surface area contributed by atoms with Crippen molar-refractivity contribution >= 4 is 28.6 Å². The van der Waals surface area contributed by atoms with Crippen LogP contribution >= 0.6 is 11.6 Å². The largest absolute Gasteiger partial charge is 0.419 e. The van der Waals surface area contributed by atoms with E-state index in [9.17, 15) is 9.59 Å². The van der Waals surface area contributed by atoms with Crippen LogP contribution in [0.15, 0.2) is 51.7 Å². The van der Waals surface area contributed by atoms with E-state index in [2.05, 4.69) is 5.32 Å². The zero-order chi connectivity index (χ0) is 16.4. The summed E-state index contributed by atoms with van der Waals surface area (Å²) < 4.78 is 6.42. The van der Waals surface area contributed by atoms with Crippen molar-refractivity contribution in [1.29, 1.82) is 0 Å². The molecule has 1 aromatic heterocycles. The molecule has 0 spiro atoms. The van der Waals surface area contributed by atoms with Crippen LogP contribution in [0.25, 0.3) is 11.1 Å². The van der Waals surface area contributed by atoms with Gasteiger partial charge in [-0.3, -0.25) is 9.36 Å². The number of aromatic nitrogens is 1. The van der Waals surface area contributed by atoms with Crippen molar-refractivity contribution in [2.75, 3.05) is 6.54 Å². The Labute approximate surface area is 137 Å². The van der Waals surface area contributed by atoms with Crippen LogP contribution in [0.5, 0.6) is 0 Å². The Morgan fingerprint density at radius 2 is 2.09 bits per heavy atom. The minimum absolute atomic E-state index is 0.192. The summed E-state index contributed by atoms with van der Waals surface area (Å²) >= 11 is 5.93. The molecule has 1 heterocycles. The Morgan fingerprint density at radius 3 is 2.87 bits per heavy atom. The molecule has 0 fully saturated rings. The van der Waals surface area contributed by atoms with Gasteiger partial charge in [-0.05, 0) is 42.3 Å². The summed E-state index contributed by atoms with van der Waals surface area (Å²) in [7, 11) is 1.61. The summed E-state index contributed by atoms with van der Waals surface area (Å²) in [6.07, 6.45) is 0.693. The summed E-state index contributed by atoms with van der Waals surface area (Å²) in [5, 5.41) is 3.54. The Morgan fingerprint density at radius 1 is 1.26 bits per heavy atom. The van der Waals surface area contributed by atoms with E-state index >= 15 is 0 Å². The monoisotopic (exact) mass is 330 g/mol. The molecule has 0 radical (unpaired) electrons. The first-order chi connectivity index (χ1) is 11.0. The second kappa shape index (κ2) is 6.30. The highest BCUT2D eigenvalue weighted by atomic mass is 35.5. The number of fused-ring (bicyclic) bond motifs is 1. The quantitative estimate of drug-likeness (QED) is 0.800. The molecule has 1 N–H and O–H groups in total. The Kier molecular flexibility index (Phi) is 4.21. The number of hydrogen-bond acceptors (Lipinski definition) is 3. The smallest absolute Gasteiger partial charge is 0.408 e. The standard InChI is InChI=1S/C17H15ClN2O3/c1-20-14-10-12(5-6-15(14)23-17(20)22)16(21)19-8-7-11-3-2-4-13(18)9-11/h2-6,9-10H,7-8H2,1H3,(H,19,21). The van der Waals surface area contributed by atoms with Gasteiger partial charge in [-0.1, -0.05) is 23.7 Å². The minimum atomic E-state index is -0.446. The lowest BCUT2D eigenvalue weighted by atomic mass is 10.1. The number of aryl methyl sites for hydroxylation is 1. The van der Waals surface area contributed by atoms with Crippen molar-refractivity contribution < 1.29 is 9.21 Å². The summed E-state index contributed by atoms with van der Waals surface area (Å²) in [5.74, 6) is -0.638. The number of carbonyl (C=O) groups excluding carboxylic acids is 1. The number of hydrogen-bond donors (Lipinski definition) is 1. The molecule has 1 amide bonds. The van der Waals surface area contributed by atoms with Gasteiger partial charge in [0.25, 0.3) is 5.91 Å². The number of halogens is 1. The third-order valence-electron chi connectivity index (χ3n) is 3.64. The molecule has 0 bridgehead atoms. The van der Waals surface area contributed by atoms with E-state index in [1.165, 1.54) is 4.57 Å². The van der Waals surface area contributed by atoms with Crippen LogP contribution < -0.4 is 11.1 Å². The highest BCUT2D eigenvalue weighted by Gasteiger charge is 2.10. The SMILES string of the molecule is Cn1c(=O)oc2ccc(C(=O)NCCc3cccc(Cl)c3)cc21. The fraction of sp³-hybridized carbons (Fsp3) is 0.176. The second-order valence-electron chi connectivity index (χ2n) is 5.25. The van der Waals surface area contributed by atoms with Gasteiger partial charge >= 0.3 is 5.76 Å². The molecule has 3 rings (SSSR count). The highest BCUT2D eigenvalue weighted by Crippen LogP contribution is 2.14. The first kappa shape index (κ1) is 15.4. The summed E-state index contributed by atoms with van der Waals surface area (Å²) in [4.78, 5) is 23.7. The Balaban J connectivity index is 1.68. The van der Waals surface area contributed by atoms with E-state index in [0.29, 0.717) is 34.7 Å². The maximum Gasteiger partial charge on any atom is 0.419 e. The molecule has 23 heavy (non-hydrogen) atoms. The van der Waals surface area contributed by atoms with Crippen molar-refractivity contribution in [3.8, 4) is 0 Å². The third-order valence-corrected chi connectivity index (χ3v) is 3.88. The van der Waals surface area contributed by atoms with Crippen molar-refractivity contribution in [3.05, 3.63) is 69.2 Å². The summed E-state index contributed by atoms with van der Waals surface area (Å²) in [6, 6.07) is 12.4. The normalized spacial score (nSPS) is 10.9. The van der Waals surface area contributed by atoms with E-state index in [-0.39, 0.29) is 5.91 Å². The molecule has 0 aliphatic heterocycles. The molecule has 2 aromatic carbocycles. The van der Waals surface area contributed by atoms with Crippen molar-refractivity contribution in [3.63, 3.8) is 0 Å². The molecule has 5 nitrogen and oxygen atoms in total. The van der Waals surface area contributed by atoms with Gasteiger partial charge in [0.1, 0.15) is 0 Å². The van der Waals surface area contributed by atoms with E-state index in [1.807, 2.05) is 24.3 Å². The van der Waals surface area contributed by atoms with Crippen LogP contribution in [-0.4, -0.2) is 17.0 Å². The number of oxazole rings is 1. The average molecular weight is 331 g/mol. The van der Waals surface area contributed by atoms with Gasteiger partial charge in [0.2, 0.25) is 0 Å². The molecule has 3 aromatic rings. The fourth-order valence-electron chi connectivity index (χ4n) is 2.38. The molecular formula is C17H15ClN2O3. The predicted molar refractivity (Wildman–Crippen MR) is 88.9 cm³/mol. The first-order valence-electron chi connectivity index (χ1n) is 7.17. The number of amides is 1. The van der Waals surface area contributed by atoms with Crippen molar-refractivity contribution in [2.45, 2.75) is 6.42 Å². The van der Waals surface area contributed by atoms with Crippen LogP contribution in [0.3, 0.4) is 0 Å². The minimum Gasteiger partial charge on any atom is -0.408 e. The lowest BCUT2D eigenvalue weighted by Crippen LogP contribution is -2.25. The number of rotatable bonds is 4. The van der Waals surface area contributed by atoms with Crippen molar-refractivity contribution in [1.82, 2.24) is 9.88 Å². The summed E-state index contributed by atoms with van der Waals surface area (Å²) in [5.41, 5.74) is 2.61. The van der Waals surface area contributed by atoms with E-state index in [0.717, 1.165) is 5.56 Å². The fourth-order valence-corrected chi connectivity index (χ4v) is 2.60. The number of nitrogens with zero attached hydrogens (tertiary/aromatic N) is 1. The molecule has 0 unspecified atom stereocenters. The Bertz CT molecular complexity index is 927. The lowest BCUT2D eigenvalue weighted by molar-refractivity contribution is 0.0954. The van der Waals surface area contributed by atoms with Crippen LogP contribution in [-0.2, 0) is 13.5 Å². The van der Waals surface area contributed by atoms with Crippen LogP contribution in [0, 0.1) is 0 Å². The van der Waals surface area contributed by atoms with Crippen molar-refractivity contribution in [2.24, 2.45) is 7.05 Å². The lowest BCUT2D eigenvalue weighted by Gasteiger charge is -2.06. The second-order valence-corrected chi connectivity index (χ2v) is 5.68. The molecule has 0 atom stereocenters. The van der Waals surface area contributed by atoms with Gasteiger partial charge in [0.15, 0.2) is 5.58 Å². The van der Waals surface area contributed by atoms with Gasteiger partial charge < -0.3 is 9.73 Å². The average Bonchev–Trinajstić information content (AvgIpc) is 2.82. The Hall–Kier alpha value is -2.53. The molecule has 6 heteroatoms. The van der Waals surface area contributed by atoms with Gasteiger partial charge in [-0.15, -0.1) is 0 Å². The molecule has 118 valence electrons. The zero-order valence-electron chi connectivity index (χ0n) is 12.5. The van der Waals surface area contributed by atoms with E-state index < -0.39 is 5.76 Å². The number of nitrogens with one attached hydrogen (secondary N) is 1. The van der Waals surface area contributed by atoms with Gasteiger partial charge in [0.05, 0.1) is 5.52 Å². The molecular weight excluding hydrogens is 316 g/mol. The maximum absolute atomic E-state index is 12.2. The van der Waals surface area contributed by atoms with Crippen LogP contribution in [0.1, 0.15) is 15.9 Å². The first-order valence-corrected chi connectivity index (χ1v) is 7.54. The summed E-state index contributed by atoms with van der Waals surface area (Å²) in [6.45, 7) is 0.502. The van der Waals surface area contributed by atoms with E-state index in [1.54, 1.807) is 25.2 Å². The van der Waals surface area contributed by atoms with Crippen LogP contribution in [0.2, 0.25) is 5.02 Å². The molecule has 0 saturated heterocycles. The number of carbonyl (C=O) groups is 1. The maximum atomic E-state index is 12.2. The molecule has 0 saturated carbocycles. The molecule has 0 aliphatic carbocycles. The van der Waals surface area contributed by atoms with E-state index in [4.69, 9.17) is 16.0 Å². The van der Waals surface area contributed by atoms with Crippen LogP contribution in [0.4, 0.5) is 0 Å². The number of benzene rings is 2. The zero-order valence-corrected chi connectivity index (χ0v) is 13.3. The van der Waals surface area contributed by atoms with Gasteiger partial charge in [0, 0.05) is 24.2 Å². The van der Waals surface area contributed by atoms with Gasteiger partial charge in [-0.25, -0.2) is 4.79 Å². The third kappa shape index (κ3) is 3.29. The molecule has 0 aliphatic rings. The topological polar surface area (TPSA) is 64.2 Å². The highest BCUT2D eigenvalue weighted by molar-refractivity contribution is 6.30. The van der Waals surface area contributed by atoms with Gasteiger partial charge in [-0.2, -0.15) is 0 Å².